The number of aromatic nitrogens is 1. The van der Waals surface area contributed by atoms with E-state index in [0.29, 0.717) is 26.1 Å². The Bertz CT molecular complexity index is 676. The second-order valence-corrected chi connectivity index (χ2v) is 6.81. The molecule has 0 radical (unpaired) electrons. The lowest BCUT2D eigenvalue weighted by Crippen LogP contribution is -2.49. The highest BCUT2D eigenvalue weighted by atomic mass is 16.4. The van der Waals surface area contributed by atoms with Crippen molar-refractivity contribution in [1.82, 2.24) is 20.1 Å². The first-order chi connectivity index (χ1) is 13.0. The number of rotatable bonds is 5. The maximum atomic E-state index is 12.3. The van der Waals surface area contributed by atoms with Gasteiger partial charge in [0.15, 0.2) is 0 Å². The van der Waals surface area contributed by atoms with E-state index in [9.17, 15) is 14.4 Å². The van der Waals surface area contributed by atoms with Gasteiger partial charge in [-0.2, -0.15) is 0 Å². The lowest BCUT2D eigenvalue weighted by Gasteiger charge is -2.35. The van der Waals surface area contributed by atoms with Crippen LogP contribution in [0.5, 0.6) is 0 Å². The van der Waals surface area contributed by atoms with Crippen LogP contribution in [0.1, 0.15) is 12.8 Å². The van der Waals surface area contributed by atoms with Gasteiger partial charge in [0.05, 0.1) is 5.92 Å². The summed E-state index contributed by atoms with van der Waals surface area (Å²) in [7, 11) is 0. The van der Waals surface area contributed by atoms with Gasteiger partial charge in [-0.3, -0.25) is 9.59 Å². The molecule has 0 spiro atoms. The molecule has 2 aliphatic rings. The van der Waals surface area contributed by atoms with Crippen molar-refractivity contribution in [2.24, 2.45) is 5.92 Å². The van der Waals surface area contributed by atoms with Crippen LogP contribution in [-0.2, 0) is 9.59 Å². The number of likely N-dealkylation sites (tertiary alicyclic amines) is 1. The number of urea groups is 1. The molecule has 146 valence electrons. The lowest BCUT2D eigenvalue weighted by atomic mass is 10.1. The summed E-state index contributed by atoms with van der Waals surface area (Å²) in [6.07, 6.45) is 2.47. The van der Waals surface area contributed by atoms with Gasteiger partial charge in [0, 0.05) is 58.4 Å². The Morgan fingerprint density at radius 2 is 1.89 bits per heavy atom. The lowest BCUT2D eigenvalue weighted by molar-refractivity contribution is -0.141. The SMILES string of the molecule is O=C(O)C1CCN(C(=O)NCCC(=O)N2CCN(c3ccccn3)CC2)C1. The van der Waals surface area contributed by atoms with Crippen LogP contribution in [0.4, 0.5) is 10.6 Å². The number of hydrogen-bond acceptors (Lipinski definition) is 5. The zero-order chi connectivity index (χ0) is 19.2. The van der Waals surface area contributed by atoms with Crippen molar-refractivity contribution in [2.45, 2.75) is 12.8 Å². The van der Waals surface area contributed by atoms with Crippen LogP contribution in [-0.4, -0.2) is 83.6 Å². The van der Waals surface area contributed by atoms with Crippen molar-refractivity contribution in [1.29, 1.82) is 0 Å². The van der Waals surface area contributed by atoms with Crippen LogP contribution >= 0.6 is 0 Å². The predicted molar refractivity (Wildman–Crippen MR) is 98.4 cm³/mol. The second kappa shape index (κ2) is 8.70. The van der Waals surface area contributed by atoms with Crippen LogP contribution in [0.3, 0.4) is 0 Å². The highest BCUT2D eigenvalue weighted by Crippen LogP contribution is 2.16. The van der Waals surface area contributed by atoms with Gasteiger partial charge >= 0.3 is 12.0 Å². The number of pyridine rings is 1. The zero-order valence-corrected chi connectivity index (χ0v) is 15.2. The van der Waals surface area contributed by atoms with E-state index in [2.05, 4.69) is 15.2 Å². The number of anilines is 1. The van der Waals surface area contributed by atoms with E-state index in [1.54, 1.807) is 6.20 Å². The summed E-state index contributed by atoms with van der Waals surface area (Å²) >= 11 is 0. The molecule has 2 aliphatic heterocycles. The van der Waals surface area contributed by atoms with Crippen LogP contribution in [0.25, 0.3) is 0 Å². The van der Waals surface area contributed by atoms with Crippen molar-refractivity contribution >= 4 is 23.7 Å². The predicted octanol–water partition coefficient (Wildman–Crippen LogP) is 0.236. The summed E-state index contributed by atoms with van der Waals surface area (Å²) in [5.41, 5.74) is 0. The first-order valence-corrected chi connectivity index (χ1v) is 9.24. The third-order valence-electron chi connectivity index (χ3n) is 5.05. The summed E-state index contributed by atoms with van der Waals surface area (Å²) < 4.78 is 0. The molecule has 0 aromatic carbocycles. The van der Waals surface area contributed by atoms with Crippen LogP contribution in [0.15, 0.2) is 24.4 Å². The third-order valence-corrected chi connectivity index (χ3v) is 5.05. The zero-order valence-electron chi connectivity index (χ0n) is 15.2. The van der Waals surface area contributed by atoms with Gasteiger partial charge in [0.2, 0.25) is 5.91 Å². The standard InChI is InChI=1S/C18H25N5O4/c24-16(4-7-20-18(27)23-8-5-14(13-23)17(25)26)22-11-9-21(10-12-22)15-3-1-2-6-19-15/h1-3,6,14H,4-5,7-13H2,(H,20,27)(H,25,26). The van der Waals surface area contributed by atoms with Gasteiger partial charge in [-0.05, 0) is 18.6 Å². The minimum Gasteiger partial charge on any atom is -0.481 e. The molecule has 2 fully saturated rings. The fourth-order valence-electron chi connectivity index (χ4n) is 3.42. The summed E-state index contributed by atoms with van der Waals surface area (Å²) in [6, 6.07) is 5.48. The monoisotopic (exact) mass is 375 g/mol. The number of nitrogens with zero attached hydrogens (tertiary/aromatic N) is 4. The van der Waals surface area contributed by atoms with Crippen LogP contribution in [0.2, 0.25) is 0 Å². The smallest absolute Gasteiger partial charge is 0.317 e. The van der Waals surface area contributed by atoms with Crippen molar-refractivity contribution < 1.29 is 19.5 Å². The molecule has 0 saturated carbocycles. The molecule has 2 N–H and O–H groups in total. The van der Waals surface area contributed by atoms with E-state index >= 15 is 0 Å². The Balaban J connectivity index is 1.35. The van der Waals surface area contributed by atoms with E-state index in [-0.39, 0.29) is 31.4 Å². The quantitative estimate of drug-likeness (QED) is 0.764. The molecule has 27 heavy (non-hydrogen) atoms. The van der Waals surface area contributed by atoms with Crippen molar-refractivity contribution in [2.75, 3.05) is 50.7 Å². The Labute approximate surface area is 157 Å². The molecule has 9 nitrogen and oxygen atoms in total. The molecule has 1 atom stereocenters. The molecular weight excluding hydrogens is 350 g/mol. The summed E-state index contributed by atoms with van der Waals surface area (Å²) in [5, 5.41) is 11.7. The average molecular weight is 375 g/mol. The molecule has 0 aliphatic carbocycles. The molecular formula is C18H25N5O4. The number of carbonyl (C=O) groups is 3. The van der Waals surface area contributed by atoms with Crippen LogP contribution in [0, 0.1) is 5.92 Å². The fraction of sp³-hybridized carbons (Fsp3) is 0.556. The van der Waals surface area contributed by atoms with Gasteiger partial charge in [0.25, 0.3) is 0 Å². The van der Waals surface area contributed by atoms with Gasteiger partial charge in [-0.1, -0.05) is 6.07 Å². The van der Waals surface area contributed by atoms with Crippen molar-refractivity contribution in [3.63, 3.8) is 0 Å². The van der Waals surface area contributed by atoms with Gasteiger partial charge in [-0.25, -0.2) is 9.78 Å². The molecule has 1 aromatic rings. The maximum Gasteiger partial charge on any atom is 0.317 e. The molecule has 2 saturated heterocycles. The summed E-state index contributed by atoms with van der Waals surface area (Å²) in [5.74, 6) is -0.430. The minimum absolute atomic E-state index is 0.0146. The normalized spacial score (nSPS) is 19.9. The highest BCUT2D eigenvalue weighted by Gasteiger charge is 2.30. The maximum absolute atomic E-state index is 12.3. The summed E-state index contributed by atoms with van der Waals surface area (Å²) in [4.78, 5) is 45.1. The fourth-order valence-corrected chi connectivity index (χ4v) is 3.42. The molecule has 1 unspecified atom stereocenters. The van der Waals surface area contributed by atoms with Crippen molar-refractivity contribution in [3.8, 4) is 0 Å². The Morgan fingerprint density at radius 1 is 1.11 bits per heavy atom. The van der Waals surface area contributed by atoms with Gasteiger partial charge < -0.3 is 25.1 Å². The Hall–Kier alpha value is -2.84. The minimum atomic E-state index is -0.870. The number of carbonyl (C=O) groups excluding carboxylic acids is 2. The number of aliphatic carboxylic acids is 1. The summed E-state index contributed by atoms with van der Waals surface area (Å²) in [6.45, 7) is 3.66. The number of amides is 3. The molecule has 3 amide bonds. The number of carboxylic acids is 1. The van der Waals surface area contributed by atoms with E-state index in [1.807, 2.05) is 23.1 Å². The molecule has 3 rings (SSSR count). The van der Waals surface area contributed by atoms with Gasteiger partial charge in [0.1, 0.15) is 5.82 Å². The Morgan fingerprint density at radius 3 is 2.52 bits per heavy atom. The third kappa shape index (κ3) is 4.87. The van der Waals surface area contributed by atoms with E-state index < -0.39 is 11.9 Å². The molecule has 3 heterocycles. The number of piperazine rings is 1. The van der Waals surface area contributed by atoms with E-state index in [1.165, 1.54) is 4.90 Å². The largest absolute Gasteiger partial charge is 0.481 e. The number of nitrogens with one attached hydrogen (secondary N) is 1. The van der Waals surface area contributed by atoms with Crippen molar-refractivity contribution in [3.05, 3.63) is 24.4 Å². The number of hydrogen-bond donors (Lipinski definition) is 2. The van der Waals surface area contributed by atoms with E-state index in [4.69, 9.17) is 5.11 Å². The molecule has 9 heteroatoms. The molecule has 0 bridgehead atoms. The highest BCUT2D eigenvalue weighted by molar-refractivity contribution is 5.79. The number of carboxylic acid groups (broad SMARTS) is 1. The first-order valence-electron chi connectivity index (χ1n) is 9.24. The van der Waals surface area contributed by atoms with Crippen LogP contribution < -0.4 is 10.2 Å². The molecule has 1 aromatic heterocycles. The van der Waals surface area contributed by atoms with Gasteiger partial charge in [-0.15, -0.1) is 0 Å². The second-order valence-electron chi connectivity index (χ2n) is 6.81. The topological polar surface area (TPSA) is 106 Å². The average Bonchev–Trinajstić information content (AvgIpc) is 3.19. The Kier molecular flexibility index (Phi) is 6.10. The van der Waals surface area contributed by atoms with E-state index in [0.717, 1.165) is 18.9 Å². The first kappa shape index (κ1) is 18.9.